The highest BCUT2D eigenvalue weighted by Gasteiger charge is 2.08. The van der Waals surface area contributed by atoms with Gasteiger partial charge in [0.15, 0.2) is 0 Å². The van der Waals surface area contributed by atoms with E-state index in [9.17, 15) is 0 Å². The van der Waals surface area contributed by atoms with Gasteiger partial charge in [-0.1, -0.05) is 30.9 Å². The third-order valence-electron chi connectivity index (χ3n) is 1.63. The van der Waals surface area contributed by atoms with E-state index in [1.165, 1.54) is 13.0 Å². The second-order valence-corrected chi connectivity index (χ2v) is 9.93. The van der Waals surface area contributed by atoms with Gasteiger partial charge in [0.1, 0.15) is 0 Å². The molecule has 0 amide bonds. The number of hydrogen-bond donors (Lipinski definition) is 0. The predicted octanol–water partition coefficient (Wildman–Crippen LogP) is 2.76. The Bertz CT molecular complexity index is 154. The van der Waals surface area contributed by atoms with E-state index in [1.54, 1.807) is 5.57 Å². The van der Waals surface area contributed by atoms with Gasteiger partial charge in [0.2, 0.25) is 0 Å². The lowest BCUT2D eigenvalue weighted by Gasteiger charge is -2.14. The lowest BCUT2D eigenvalue weighted by Crippen LogP contribution is -2.18. The topological polar surface area (TPSA) is 3.24 Å². The quantitative estimate of drug-likeness (QED) is 0.609. The van der Waals surface area contributed by atoms with Gasteiger partial charge < -0.3 is 4.90 Å². The predicted molar refractivity (Wildman–Crippen MR) is 60.3 cm³/mol. The molecule has 0 aliphatic heterocycles. The second-order valence-electron chi connectivity index (χ2n) is 4.91. The van der Waals surface area contributed by atoms with Crippen LogP contribution in [0.15, 0.2) is 11.3 Å². The zero-order chi connectivity index (χ0) is 9.78. The van der Waals surface area contributed by atoms with Crippen LogP contribution in [-0.2, 0) is 0 Å². The van der Waals surface area contributed by atoms with Crippen molar-refractivity contribution < 1.29 is 0 Å². The van der Waals surface area contributed by atoms with Crippen LogP contribution in [0.2, 0.25) is 19.6 Å². The van der Waals surface area contributed by atoms with Crippen LogP contribution in [0.5, 0.6) is 0 Å². The fraction of sp³-hybridized carbons (Fsp3) is 0.800. The molecule has 0 radical (unpaired) electrons. The highest BCUT2D eigenvalue weighted by molar-refractivity contribution is 6.81. The van der Waals surface area contributed by atoms with Crippen molar-refractivity contribution in [2.75, 3.05) is 20.6 Å². The summed E-state index contributed by atoms with van der Waals surface area (Å²) in [6.45, 7) is 10.6. The Hall–Kier alpha value is -0.0831. The Morgan fingerprint density at radius 1 is 1.25 bits per heavy atom. The Morgan fingerprint density at radius 2 is 1.75 bits per heavy atom. The maximum atomic E-state index is 2.50. The van der Waals surface area contributed by atoms with E-state index in [-0.39, 0.29) is 0 Å². The minimum absolute atomic E-state index is 0.973. The molecule has 0 bridgehead atoms. The minimum atomic E-state index is -0.973. The molecule has 0 fully saturated rings. The molecule has 0 unspecified atom stereocenters. The van der Waals surface area contributed by atoms with Crippen LogP contribution in [0.1, 0.15) is 13.3 Å². The molecular weight excluding hydrogens is 162 g/mol. The van der Waals surface area contributed by atoms with Crippen LogP contribution >= 0.6 is 0 Å². The summed E-state index contributed by atoms with van der Waals surface area (Å²) in [4.78, 5) is 2.24. The molecule has 0 saturated carbocycles. The Morgan fingerprint density at radius 3 is 2.08 bits per heavy atom. The third kappa shape index (κ3) is 8.02. The molecule has 0 rings (SSSR count). The number of rotatable bonds is 4. The maximum Gasteiger partial charge on any atom is 0.0686 e. The molecule has 0 aromatic rings. The fourth-order valence-corrected chi connectivity index (χ4v) is 2.83. The minimum Gasteiger partial charge on any atom is -0.309 e. The normalized spacial score (nSPS) is 14.1. The maximum absolute atomic E-state index is 2.50. The molecule has 0 aliphatic rings. The Balaban J connectivity index is 3.87. The van der Waals surface area contributed by atoms with Crippen molar-refractivity contribution in [2.45, 2.75) is 33.0 Å². The first kappa shape index (κ1) is 11.9. The summed E-state index contributed by atoms with van der Waals surface area (Å²) in [6.07, 6.45) is 1.22. The molecular formula is C10H23NSi. The van der Waals surface area contributed by atoms with Crippen LogP contribution in [-0.4, -0.2) is 33.6 Å². The van der Waals surface area contributed by atoms with E-state index in [4.69, 9.17) is 0 Å². The lowest BCUT2D eigenvalue weighted by molar-refractivity contribution is 0.413. The Kier molecular flexibility index (Phi) is 4.79. The first-order valence-electron chi connectivity index (χ1n) is 4.64. The molecule has 0 spiro atoms. The van der Waals surface area contributed by atoms with Gasteiger partial charge in [0.05, 0.1) is 8.07 Å². The summed E-state index contributed by atoms with van der Waals surface area (Å²) in [6, 6.07) is 0. The molecule has 0 heterocycles. The number of nitrogens with zero attached hydrogens (tertiary/aromatic N) is 1. The van der Waals surface area contributed by atoms with E-state index in [0.29, 0.717) is 0 Å². The van der Waals surface area contributed by atoms with E-state index in [2.05, 4.69) is 51.3 Å². The SMILES string of the molecule is C/C(=C/[Si](C)(C)C)CCN(C)C. The molecule has 0 aliphatic carbocycles. The van der Waals surface area contributed by atoms with Gasteiger partial charge >= 0.3 is 0 Å². The van der Waals surface area contributed by atoms with Crippen molar-refractivity contribution in [2.24, 2.45) is 0 Å². The van der Waals surface area contributed by atoms with Crippen molar-refractivity contribution in [3.63, 3.8) is 0 Å². The highest BCUT2D eigenvalue weighted by Crippen LogP contribution is 2.09. The van der Waals surface area contributed by atoms with Crippen molar-refractivity contribution in [1.29, 1.82) is 0 Å². The van der Waals surface area contributed by atoms with Crippen LogP contribution in [0.4, 0.5) is 0 Å². The monoisotopic (exact) mass is 185 g/mol. The average molecular weight is 185 g/mol. The highest BCUT2D eigenvalue weighted by atomic mass is 28.3. The van der Waals surface area contributed by atoms with Crippen molar-refractivity contribution in [1.82, 2.24) is 4.90 Å². The summed E-state index contributed by atoms with van der Waals surface area (Å²) >= 11 is 0. The zero-order valence-corrected chi connectivity index (χ0v) is 10.4. The van der Waals surface area contributed by atoms with Crippen molar-refractivity contribution in [3.8, 4) is 0 Å². The summed E-state index contributed by atoms with van der Waals surface area (Å²) in [7, 11) is 3.28. The molecule has 0 aromatic heterocycles. The summed E-state index contributed by atoms with van der Waals surface area (Å²) in [5, 5.41) is 0. The zero-order valence-electron chi connectivity index (χ0n) is 9.44. The molecule has 2 heteroatoms. The fourth-order valence-electron chi connectivity index (χ4n) is 1.21. The van der Waals surface area contributed by atoms with Gasteiger partial charge in [-0.3, -0.25) is 0 Å². The van der Waals surface area contributed by atoms with Gasteiger partial charge in [-0.05, 0) is 27.4 Å². The average Bonchev–Trinajstić information content (AvgIpc) is 1.79. The lowest BCUT2D eigenvalue weighted by atomic mass is 10.2. The van der Waals surface area contributed by atoms with Crippen LogP contribution < -0.4 is 0 Å². The summed E-state index contributed by atoms with van der Waals surface area (Å²) in [5.74, 6) is 0. The van der Waals surface area contributed by atoms with Gasteiger partial charge in [-0.25, -0.2) is 0 Å². The first-order chi connectivity index (χ1) is 5.31. The largest absolute Gasteiger partial charge is 0.309 e. The molecule has 0 aromatic carbocycles. The molecule has 0 saturated heterocycles. The van der Waals surface area contributed by atoms with Gasteiger partial charge in [-0.15, -0.1) is 0 Å². The standard InChI is InChI=1S/C10H23NSi/c1-10(7-8-11(2)3)9-12(4,5)6/h9H,7-8H2,1-6H3/b10-9-. The Labute approximate surface area is 78.5 Å². The number of hydrogen-bond acceptors (Lipinski definition) is 1. The molecule has 0 atom stereocenters. The smallest absolute Gasteiger partial charge is 0.0686 e. The molecule has 72 valence electrons. The molecule has 12 heavy (non-hydrogen) atoms. The first-order valence-corrected chi connectivity index (χ1v) is 8.22. The van der Waals surface area contributed by atoms with E-state index >= 15 is 0 Å². The van der Waals surface area contributed by atoms with E-state index in [1.807, 2.05) is 0 Å². The van der Waals surface area contributed by atoms with Gasteiger partial charge in [0, 0.05) is 6.54 Å². The van der Waals surface area contributed by atoms with E-state index in [0.717, 1.165) is 0 Å². The van der Waals surface area contributed by atoms with Crippen molar-refractivity contribution in [3.05, 3.63) is 11.3 Å². The molecule has 1 nitrogen and oxygen atoms in total. The van der Waals surface area contributed by atoms with Gasteiger partial charge in [-0.2, -0.15) is 0 Å². The summed E-state index contributed by atoms with van der Waals surface area (Å²) in [5.41, 5.74) is 4.05. The van der Waals surface area contributed by atoms with Crippen LogP contribution in [0, 0.1) is 0 Å². The molecule has 0 N–H and O–H groups in total. The van der Waals surface area contributed by atoms with E-state index < -0.39 is 8.07 Å². The third-order valence-corrected chi connectivity index (χ3v) is 2.99. The van der Waals surface area contributed by atoms with Crippen LogP contribution in [0.3, 0.4) is 0 Å². The van der Waals surface area contributed by atoms with Crippen molar-refractivity contribution >= 4 is 8.07 Å². The van der Waals surface area contributed by atoms with Crippen LogP contribution in [0.25, 0.3) is 0 Å². The summed E-state index contributed by atoms with van der Waals surface area (Å²) < 4.78 is 0. The second kappa shape index (κ2) is 4.82. The van der Waals surface area contributed by atoms with Gasteiger partial charge in [0.25, 0.3) is 0 Å².